The number of nitro benzene ring substituents is 1. The summed E-state index contributed by atoms with van der Waals surface area (Å²) in [4.78, 5) is 17.4. The molecule has 0 saturated carbocycles. The van der Waals surface area contributed by atoms with Crippen LogP contribution >= 0.6 is 11.3 Å². The lowest BCUT2D eigenvalue weighted by molar-refractivity contribution is -0.384. The number of rotatable bonds is 7. The van der Waals surface area contributed by atoms with Crippen molar-refractivity contribution in [3.05, 3.63) is 56.0 Å². The molecule has 0 aliphatic carbocycles. The number of benzene rings is 1. The Kier molecular flexibility index (Phi) is 5.55. The highest BCUT2D eigenvalue weighted by atomic mass is 32.1. The van der Waals surface area contributed by atoms with E-state index in [2.05, 4.69) is 9.88 Å². The average molecular weight is 347 g/mol. The fraction of sp³-hybridized carbons (Fsp3) is 0.471. The molecule has 1 saturated heterocycles. The summed E-state index contributed by atoms with van der Waals surface area (Å²) < 4.78 is 5.76. The standard InChI is InChI=1S/C17H21N3O3S/c1-13-12-24-17(18-13)11-19(10-16-6-3-7-23-16)9-14-4-2-5-15(8-14)20(21)22/h2,4-5,8,12,16H,3,6-7,9-11H2,1H3. The van der Waals surface area contributed by atoms with Crippen molar-refractivity contribution in [2.75, 3.05) is 13.2 Å². The number of nitro groups is 1. The fourth-order valence-corrected chi connectivity index (χ4v) is 3.77. The van der Waals surface area contributed by atoms with Crippen molar-refractivity contribution in [2.24, 2.45) is 0 Å². The quantitative estimate of drug-likeness (QED) is 0.566. The first-order chi connectivity index (χ1) is 11.6. The second-order valence-corrected chi connectivity index (χ2v) is 7.06. The number of hydrogen-bond donors (Lipinski definition) is 0. The predicted molar refractivity (Wildman–Crippen MR) is 93.0 cm³/mol. The minimum Gasteiger partial charge on any atom is -0.377 e. The van der Waals surface area contributed by atoms with Gasteiger partial charge in [-0.05, 0) is 25.3 Å². The van der Waals surface area contributed by atoms with Crippen LogP contribution < -0.4 is 0 Å². The number of nitrogens with zero attached hydrogens (tertiary/aromatic N) is 3. The van der Waals surface area contributed by atoms with Gasteiger partial charge in [-0.25, -0.2) is 4.98 Å². The Bertz CT molecular complexity index is 698. The monoisotopic (exact) mass is 347 g/mol. The zero-order valence-corrected chi connectivity index (χ0v) is 14.5. The molecule has 24 heavy (non-hydrogen) atoms. The van der Waals surface area contributed by atoms with Gasteiger partial charge in [-0.3, -0.25) is 15.0 Å². The lowest BCUT2D eigenvalue weighted by Gasteiger charge is -2.24. The van der Waals surface area contributed by atoms with E-state index in [4.69, 9.17) is 4.74 Å². The molecule has 1 unspecified atom stereocenters. The molecule has 0 radical (unpaired) electrons. The fourth-order valence-electron chi connectivity index (χ4n) is 2.95. The van der Waals surface area contributed by atoms with Gasteiger partial charge in [-0.1, -0.05) is 12.1 Å². The lowest BCUT2D eigenvalue weighted by atomic mass is 10.1. The van der Waals surface area contributed by atoms with Crippen molar-refractivity contribution >= 4 is 17.0 Å². The van der Waals surface area contributed by atoms with E-state index in [1.807, 2.05) is 18.4 Å². The van der Waals surface area contributed by atoms with Crippen LogP contribution in [0.5, 0.6) is 0 Å². The normalized spacial score (nSPS) is 17.5. The van der Waals surface area contributed by atoms with Crippen LogP contribution in [0.2, 0.25) is 0 Å². The van der Waals surface area contributed by atoms with Crippen LogP contribution in [-0.2, 0) is 17.8 Å². The van der Waals surface area contributed by atoms with E-state index < -0.39 is 0 Å². The Morgan fingerprint density at radius 1 is 1.46 bits per heavy atom. The summed E-state index contributed by atoms with van der Waals surface area (Å²) in [6.45, 7) is 5.03. The van der Waals surface area contributed by atoms with Crippen LogP contribution in [0.25, 0.3) is 0 Å². The minimum atomic E-state index is -0.349. The van der Waals surface area contributed by atoms with Crippen molar-refractivity contribution in [1.82, 2.24) is 9.88 Å². The molecule has 1 aromatic heterocycles. The summed E-state index contributed by atoms with van der Waals surface area (Å²) in [6, 6.07) is 6.85. The lowest BCUT2D eigenvalue weighted by Crippen LogP contribution is -2.31. The van der Waals surface area contributed by atoms with Crippen LogP contribution in [0.4, 0.5) is 5.69 Å². The molecule has 6 nitrogen and oxygen atoms in total. The van der Waals surface area contributed by atoms with E-state index in [1.165, 1.54) is 6.07 Å². The molecule has 128 valence electrons. The van der Waals surface area contributed by atoms with E-state index in [9.17, 15) is 10.1 Å². The van der Waals surface area contributed by atoms with E-state index in [0.717, 1.165) is 48.8 Å². The molecule has 0 bridgehead atoms. The van der Waals surface area contributed by atoms with Crippen LogP contribution in [0.3, 0.4) is 0 Å². The van der Waals surface area contributed by atoms with Gasteiger partial charge in [0.2, 0.25) is 0 Å². The third kappa shape index (κ3) is 4.59. The molecule has 1 aliphatic rings. The molecule has 0 amide bonds. The van der Waals surface area contributed by atoms with Crippen molar-refractivity contribution in [1.29, 1.82) is 0 Å². The molecule has 0 spiro atoms. The SMILES string of the molecule is Cc1csc(CN(Cc2cccc([N+](=O)[O-])c2)CC2CCCO2)n1. The molecule has 3 rings (SSSR count). The Morgan fingerprint density at radius 2 is 2.33 bits per heavy atom. The average Bonchev–Trinajstić information content (AvgIpc) is 3.19. The van der Waals surface area contributed by atoms with E-state index >= 15 is 0 Å². The smallest absolute Gasteiger partial charge is 0.269 e. The molecule has 1 fully saturated rings. The first-order valence-electron chi connectivity index (χ1n) is 8.08. The maximum Gasteiger partial charge on any atom is 0.269 e. The molecule has 2 aromatic rings. The Labute approximate surface area is 145 Å². The van der Waals surface area contributed by atoms with Gasteiger partial charge >= 0.3 is 0 Å². The second kappa shape index (κ2) is 7.83. The first kappa shape index (κ1) is 17.0. The summed E-state index contributed by atoms with van der Waals surface area (Å²) in [5.41, 5.74) is 2.10. The van der Waals surface area contributed by atoms with Gasteiger partial charge in [-0.15, -0.1) is 11.3 Å². The van der Waals surface area contributed by atoms with Crippen molar-refractivity contribution < 1.29 is 9.66 Å². The highest BCUT2D eigenvalue weighted by molar-refractivity contribution is 7.09. The zero-order chi connectivity index (χ0) is 16.9. The number of aryl methyl sites for hydroxylation is 1. The maximum atomic E-state index is 11.0. The van der Waals surface area contributed by atoms with Crippen molar-refractivity contribution in [3.8, 4) is 0 Å². The van der Waals surface area contributed by atoms with Gasteiger partial charge in [-0.2, -0.15) is 0 Å². The van der Waals surface area contributed by atoms with Gasteiger partial charge in [0.25, 0.3) is 5.69 Å². The largest absolute Gasteiger partial charge is 0.377 e. The van der Waals surface area contributed by atoms with Crippen LogP contribution in [-0.4, -0.2) is 34.1 Å². The van der Waals surface area contributed by atoms with Gasteiger partial charge in [0.05, 0.1) is 17.6 Å². The molecule has 1 aliphatic heterocycles. The van der Waals surface area contributed by atoms with Crippen molar-refractivity contribution in [3.63, 3.8) is 0 Å². The summed E-state index contributed by atoms with van der Waals surface area (Å²) in [7, 11) is 0. The first-order valence-corrected chi connectivity index (χ1v) is 8.96. The Balaban J connectivity index is 1.72. The van der Waals surface area contributed by atoms with Gasteiger partial charge in [0.1, 0.15) is 5.01 Å². The van der Waals surface area contributed by atoms with E-state index in [0.29, 0.717) is 6.54 Å². The van der Waals surface area contributed by atoms with Crippen LogP contribution in [0.15, 0.2) is 29.6 Å². The molecular formula is C17H21N3O3S. The Hall–Kier alpha value is -1.83. The molecule has 1 atom stereocenters. The summed E-state index contributed by atoms with van der Waals surface area (Å²) >= 11 is 1.65. The zero-order valence-electron chi connectivity index (χ0n) is 13.7. The second-order valence-electron chi connectivity index (χ2n) is 6.11. The number of ether oxygens (including phenoxy) is 1. The van der Waals surface area contributed by atoms with Gasteiger partial charge < -0.3 is 4.74 Å². The third-order valence-corrected chi connectivity index (χ3v) is 4.99. The topological polar surface area (TPSA) is 68.5 Å². The van der Waals surface area contributed by atoms with E-state index in [1.54, 1.807) is 23.5 Å². The molecule has 1 aromatic carbocycles. The van der Waals surface area contributed by atoms with Gasteiger partial charge in [0, 0.05) is 42.9 Å². The van der Waals surface area contributed by atoms with Gasteiger partial charge in [0.15, 0.2) is 0 Å². The Morgan fingerprint density at radius 3 is 3.00 bits per heavy atom. The maximum absolute atomic E-state index is 11.0. The summed E-state index contributed by atoms with van der Waals surface area (Å²) in [5, 5.41) is 14.1. The summed E-state index contributed by atoms with van der Waals surface area (Å²) in [6.07, 6.45) is 2.42. The molecule has 2 heterocycles. The molecule has 0 N–H and O–H groups in total. The van der Waals surface area contributed by atoms with E-state index in [-0.39, 0.29) is 16.7 Å². The number of thiazole rings is 1. The minimum absolute atomic E-state index is 0.134. The number of non-ortho nitro benzene ring substituents is 1. The number of hydrogen-bond acceptors (Lipinski definition) is 6. The highest BCUT2D eigenvalue weighted by Gasteiger charge is 2.21. The van der Waals surface area contributed by atoms with Crippen LogP contribution in [0.1, 0.15) is 29.1 Å². The molecular weight excluding hydrogens is 326 g/mol. The summed E-state index contributed by atoms with van der Waals surface area (Å²) in [5.74, 6) is 0. The molecule has 7 heteroatoms. The van der Waals surface area contributed by atoms with Crippen molar-refractivity contribution in [2.45, 2.75) is 39.0 Å². The highest BCUT2D eigenvalue weighted by Crippen LogP contribution is 2.20. The number of aromatic nitrogens is 1. The van der Waals surface area contributed by atoms with Crippen LogP contribution in [0, 0.1) is 17.0 Å². The third-order valence-electron chi connectivity index (χ3n) is 4.04. The predicted octanol–water partition coefficient (Wildman–Crippen LogP) is 3.54.